The summed E-state index contributed by atoms with van der Waals surface area (Å²) >= 11 is 5.73. The molecule has 106 valence electrons. The van der Waals surface area contributed by atoms with Crippen molar-refractivity contribution in [2.45, 2.75) is 37.1 Å². The number of benzene rings is 1. The lowest BCUT2D eigenvalue weighted by atomic mass is 10.1. The Hall–Kier alpha value is -0.850. The fraction of sp³-hybridized carbons (Fsp3) is 0.500. The minimum absolute atomic E-state index is 0.0964. The fourth-order valence-electron chi connectivity index (χ4n) is 2.38. The number of rotatable bonds is 3. The van der Waals surface area contributed by atoms with Crippen LogP contribution in [0.25, 0.3) is 0 Å². The van der Waals surface area contributed by atoms with E-state index >= 15 is 0 Å². The third kappa shape index (κ3) is 3.19. The summed E-state index contributed by atoms with van der Waals surface area (Å²) in [5, 5.41) is 0.0964. The van der Waals surface area contributed by atoms with Crippen molar-refractivity contribution in [3.05, 3.63) is 23.0 Å². The summed E-state index contributed by atoms with van der Waals surface area (Å²) in [6.45, 7) is 2.06. The molecule has 1 aliphatic rings. The first-order valence-electron chi connectivity index (χ1n) is 6.06. The van der Waals surface area contributed by atoms with E-state index in [0.29, 0.717) is 5.92 Å². The van der Waals surface area contributed by atoms with Crippen molar-refractivity contribution in [1.82, 2.24) is 4.72 Å². The highest BCUT2D eigenvalue weighted by Crippen LogP contribution is 2.28. The topological polar surface area (TPSA) is 72.2 Å². The molecule has 1 aromatic carbocycles. The Balaban J connectivity index is 2.29. The molecule has 0 spiro atoms. The zero-order chi connectivity index (χ0) is 14.2. The summed E-state index contributed by atoms with van der Waals surface area (Å²) in [7, 11) is -3.93. The molecule has 19 heavy (non-hydrogen) atoms. The average molecular weight is 307 g/mol. The first-order valence-corrected chi connectivity index (χ1v) is 7.92. The van der Waals surface area contributed by atoms with Gasteiger partial charge in [0.15, 0.2) is 5.82 Å². The fourth-order valence-corrected chi connectivity index (χ4v) is 4.08. The molecule has 0 aliphatic heterocycles. The van der Waals surface area contributed by atoms with E-state index in [1.54, 1.807) is 0 Å². The zero-order valence-electron chi connectivity index (χ0n) is 10.5. The first kappa shape index (κ1) is 14.6. The molecule has 2 atom stereocenters. The lowest BCUT2D eigenvalue weighted by Crippen LogP contribution is -2.33. The molecule has 0 radical (unpaired) electrons. The van der Waals surface area contributed by atoms with Gasteiger partial charge in [0, 0.05) is 11.1 Å². The maximum absolute atomic E-state index is 13.8. The van der Waals surface area contributed by atoms with E-state index in [1.165, 1.54) is 6.07 Å². The molecule has 1 fully saturated rings. The molecule has 1 aliphatic carbocycles. The number of anilines is 1. The Morgan fingerprint density at radius 3 is 2.68 bits per heavy atom. The minimum Gasteiger partial charge on any atom is -0.396 e. The molecule has 3 N–H and O–H groups in total. The van der Waals surface area contributed by atoms with Gasteiger partial charge in [-0.2, -0.15) is 0 Å². The second-order valence-electron chi connectivity index (χ2n) is 5.04. The van der Waals surface area contributed by atoms with Gasteiger partial charge in [0.2, 0.25) is 10.0 Å². The van der Waals surface area contributed by atoms with Crippen LogP contribution in [-0.2, 0) is 10.0 Å². The highest BCUT2D eigenvalue weighted by atomic mass is 35.5. The van der Waals surface area contributed by atoms with Gasteiger partial charge < -0.3 is 5.73 Å². The third-order valence-corrected chi connectivity index (χ3v) is 5.08. The van der Waals surface area contributed by atoms with Gasteiger partial charge in [-0.25, -0.2) is 17.5 Å². The van der Waals surface area contributed by atoms with Crippen molar-refractivity contribution < 1.29 is 12.8 Å². The number of hydrogen-bond acceptors (Lipinski definition) is 3. The quantitative estimate of drug-likeness (QED) is 0.843. The molecular weight excluding hydrogens is 291 g/mol. The van der Waals surface area contributed by atoms with Gasteiger partial charge in [0.05, 0.1) is 5.69 Å². The monoisotopic (exact) mass is 306 g/mol. The molecule has 1 aromatic rings. The van der Waals surface area contributed by atoms with E-state index in [-0.39, 0.29) is 16.8 Å². The van der Waals surface area contributed by atoms with E-state index in [4.69, 9.17) is 17.3 Å². The second-order valence-corrected chi connectivity index (χ2v) is 7.16. The van der Waals surface area contributed by atoms with Crippen LogP contribution in [-0.4, -0.2) is 14.5 Å². The van der Waals surface area contributed by atoms with Crippen LogP contribution in [0.1, 0.15) is 26.2 Å². The van der Waals surface area contributed by atoms with Crippen LogP contribution in [0.15, 0.2) is 17.0 Å². The molecule has 1 saturated carbocycles. The number of nitrogens with two attached hydrogens (primary N) is 1. The summed E-state index contributed by atoms with van der Waals surface area (Å²) in [6.07, 6.45) is 2.49. The molecule has 2 unspecified atom stereocenters. The Kier molecular flexibility index (Phi) is 4.03. The lowest BCUT2D eigenvalue weighted by molar-refractivity contribution is 0.528. The molecule has 0 bridgehead atoms. The third-order valence-electron chi connectivity index (χ3n) is 3.34. The Labute approximate surface area is 117 Å². The van der Waals surface area contributed by atoms with Crippen LogP contribution in [0.4, 0.5) is 10.1 Å². The van der Waals surface area contributed by atoms with E-state index in [9.17, 15) is 12.8 Å². The zero-order valence-corrected chi connectivity index (χ0v) is 12.1. The van der Waals surface area contributed by atoms with Gasteiger partial charge in [-0.15, -0.1) is 0 Å². The molecule has 2 rings (SSSR count). The molecule has 7 heteroatoms. The van der Waals surface area contributed by atoms with Gasteiger partial charge in [0.25, 0.3) is 0 Å². The van der Waals surface area contributed by atoms with Crippen molar-refractivity contribution in [2.75, 3.05) is 5.73 Å². The number of sulfonamides is 1. The maximum Gasteiger partial charge on any atom is 0.243 e. The van der Waals surface area contributed by atoms with Gasteiger partial charge in [-0.05, 0) is 37.3 Å². The van der Waals surface area contributed by atoms with E-state index in [1.807, 2.05) is 0 Å². The molecule has 0 amide bonds. The first-order chi connectivity index (χ1) is 8.79. The van der Waals surface area contributed by atoms with Gasteiger partial charge in [0.1, 0.15) is 4.90 Å². The van der Waals surface area contributed by atoms with Crippen LogP contribution in [0.3, 0.4) is 0 Å². The Morgan fingerprint density at radius 1 is 1.42 bits per heavy atom. The molecule has 0 aromatic heterocycles. The molecule has 0 heterocycles. The lowest BCUT2D eigenvalue weighted by Gasteiger charge is -2.14. The van der Waals surface area contributed by atoms with E-state index in [0.717, 1.165) is 25.3 Å². The summed E-state index contributed by atoms with van der Waals surface area (Å²) < 4.78 is 40.6. The molecular formula is C12H16ClFN2O2S. The van der Waals surface area contributed by atoms with Crippen LogP contribution in [0.5, 0.6) is 0 Å². The van der Waals surface area contributed by atoms with Crippen molar-refractivity contribution in [3.8, 4) is 0 Å². The largest absolute Gasteiger partial charge is 0.396 e. The van der Waals surface area contributed by atoms with E-state index in [2.05, 4.69) is 11.6 Å². The Morgan fingerprint density at radius 2 is 2.11 bits per heavy atom. The van der Waals surface area contributed by atoms with E-state index < -0.39 is 20.7 Å². The normalized spacial score (nSPS) is 23.7. The molecule has 0 saturated heterocycles. The highest BCUT2D eigenvalue weighted by molar-refractivity contribution is 7.89. The van der Waals surface area contributed by atoms with Gasteiger partial charge in [-0.3, -0.25) is 0 Å². The number of halogens is 2. The number of nitrogens with one attached hydrogen (secondary N) is 1. The SMILES string of the molecule is CC1CCC(NS(=O)(=O)c2cc(Cl)cc(N)c2F)C1. The van der Waals surface area contributed by atoms with Crippen LogP contribution < -0.4 is 10.5 Å². The number of nitrogen functional groups attached to an aromatic ring is 1. The standard InChI is InChI=1S/C12H16ClFN2O2S/c1-7-2-3-9(4-7)16-19(17,18)11-6-8(13)5-10(15)12(11)14/h5-7,9,16H,2-4,15H2,1H3. The van der Waals surface area contributed by atoms with Crippen molar-refractivity contribution in [3.63, 3.8) is 0 Å². The van der Waals surface area contributed by atoms with Crippen LogP contribution in [0, 0.1) is 11.7 Å². The van der Waals surface area contributed by atoms with Crippen LogP contribution in [0.2, 0.25) is 5.02 Å². The highest BCUT2D eigenvalue weighted by Gasteiger charge is 2.29. The Bertz CT molecular complexity index is 592. The smallest absolute Gasteiger partial charge is 0.243 e. The summed E-state index contributed by atoms with van der Waals surface area (Å²) in [6, 6.07) is 2.11. The maximum atomic E-state index is 13.8. The van der Waals surface area contributed by atoms with Crippen LogP contribution >= 0.6 is 11.6 Å². The average Bonchev–Trinajstić information content (AvgIpc) is 2.68. The van der Waals surface area contributed by atoms with Gasteiger partial charge in [-0.1, -0.05) is 18.5 Å². The van der Waals surface area contributed by atoms with Gasteiger partial charge >= 0.3 is 0 Å². The predicted molar refractivity (Wildman–Crippen MR) is 72.9 cm³/mol. The summed E-state index contributed by atoms with van der Waals surface area (Å²) in [5.74, 6) is -0.482. The number of hydrogen-bond donors (Lipinski definition) is 2. The van der Waals surface area contributed by atoms with Crippen molar-refractivity contribution in [2.24, 2.45) is 5.92 Å². The summed E-state index contributed by atoms with van der Waals surface area (Å²) in [5.41, 5.74) is 5.13. The molecule has 4 nitrogen and oxygen atoms in total. The van der Waals surface area contributed by atoms with Crippen molar-refractivity contribution >= 4 is 27.3 Å². The predicted octanol–water partition coefficient (Wildman–Crippen LogP) is 2.53. The summed E-state index contributed by atoms with van der Waals surface area (Å²) in [4.78, 5) is -0.489. The second kappa shape index (κ2) is 5.26. The minimum atomic E-state index is -3.93. The van der Waals surface area contributed by atoms with Crippen molar-refractivity contribution in [1.29, 1.82) is 0 Å².